The molecule has 2 heterocycles. The normalized spacial score (nSPS) is 17.4. The second-order valence-electron chi connectivity index (χ2n) is 7.81. The van der Waals surface area contributed by atoms with E-state index in [0.29, 0.717) is 40.4 Å². The minimum Gasteiger partial charge on any atom is -0.497 e. The fourth-order valence-corrected chi connectivity index (χ4v) is 4.71. The van der Waals surface area contributed by atoms with Crippen LogP contribution in [0, 0.1) is 6.92 Å². The van der Waals surface area contributed by atoms with Crippen molar-refractivity contribution in [1.82, 2.24) is 0 Å². The third kappa shape index (κ3) is 2.70. The smallest absolute Gasteiger partial charge is 0.339 e. The highest BCUT2D eigenvalue weighted by molar-refractivity contribution is 6.07. The number of carbonyl (C=O) groups is 1. The molecule has 154 valence electrons. The first-order chi connectivity index (χ1) is 14.5. The maximum Gasteiger partial charge on any atom is 0.339 e. The average molecular weight is 406 g/mol. The zero-order valence-electron chi connectivity index (χ0n) is 17.2. The molecule has 6 heteroatoms. The Kier molecular flexibility index (Phi) is 4.31. The lowest BCUT2D eigenvalue weighted by molar-refractivity contribution is 0.0849. The monoisotopic (exact) mass is 406 g/mol. The molecule has 0 radical (unpaired) electrons. The van der Waals surface area contributed by atoms with Crippen LogP contribution >= 0.6 is 0 Å². The van der Waals surface area contributed by atoms with Gasteiger partial charge in [0.2, 0.25) is 0 Å². The second kappa shape index (κ2) is 6.90. The Labute approximate surface area is 173 Å². The number of Topliss-reactive ketones (excluding diaryl/α,β-unsaturated/α-hetero) is 1. The molecule has 30 heavy (non-hydrogen) atoms. The van der Waals surface area contributed by atoms with Crippen molar-refractivity contribution in [3.8, 4) is 17.2 Å². The minimum atomic E-state index is -0.524. The molecule has 0 saturated carbocycles. The molecule has 1 aliphatic carbocycles. The molecule has 0 N–H and O–H groups in total. The van der Waals surface area contributed by atoms with E-state index in [1.54, 1.807) is 20.3 Å². The lowest BCUT2D eigenvalue weighted by Gasteiger charge is -2.29. The number of methoxy groups -OCH3 is 2. The summed E-state index contributed by atoms with van der Waals surface area (Å²) in [4.78, 5) is 25.6. The number of rotatable bonds is 3. The largest absolute Gasteiger partial charge is 0.497 e. The molecule has 6 nitrogen and oxygen atoms in total. The highest BCUT2D eigenvalue weighted by atomic mass is 16.5. The maximum atomic E-state index is 13.2. The van der Waals surface area contributed by atoms with Crippen molar-refractivity contribution in [2.45, 2.75) is 38.7 Å². The Hall–Kier alpha value is -3.28. The molecule has 2 aromatic carbocycles. The van der Waals surface area contributed by atoms with Gasteiger partial charge in [0.15, 0.2) is 5.78 Å². The van der Waals surface area contributed by atoms with Crippen LogP contribution in [-0.4, -0.2) is 20.0 Å². The lowest BCUT2D eigenvalue weighted by Crippen LogP contribution is -2.23. The summed E-state index contributed by atoms with van der Waals surface area (Å²) in [7, 11) is 3.18. The number of hydrogen-bond acceptors (Lipinski definition) is 6. The summed E-state index contributed by atoms with van der Waals surface area (Å²) in [5.41, 5.74) is 3.91. The van der Waals surface area contributed by atoms with E-state index in [9.17, 15) is 9.59 Å². The molecule has 5 rings (SSSR count). The summed E-state index contributed by atoms with van der Waals surface area (Å²) >= 11 is 0. The summed E-state index contributed by atoms with van der Waals surface area (Å²) < 4.78 is 23.0. The number of fused-ring (bicyclic) bond motifs is 5. The molecule has 1 aliphatic heterocycles. The molecule has 3 aromatic rings. The highest BCUT2D eigenvalue weighted by Crippen LogP contribution is 2.46. The van der Waals surface area contributed by atoms with Gasteiger partial charge >= 0.3 is 5.63 Å². The number of carbonyl (C=O) groups excluding carboxylic acids is 1. The summed E-state index contributed by atoms with van der Waals surface area (Å²) in [5, 5.41) is 0.752. The fraction of sp³-hybridized carbons (Fsp3) is 0.333. The van der Waals surface area contributed by atoms with Crippen molar-refractivity contribution in [3.05, 3.63) is 62.5 Å². The molecule has 0 amide bonds. The van der Waals surface area contributed by atoms with E-state index in [0.717, 1.165) is 34.9 Å². The fourth-order valence-electron chi connectivity index (χ4n) is 4.71. The van der Waals surface area contributed by atoms with Gasteiger partial charge in [-0.15, -0.1) is 0 Å². The SMILES string of the molecule is COc1ccc(OC)c([C@H]2CC(=O)c3c(C)cc4oc(=O)c5c(c4c3O2)CCC5)c1. The van der Waals surface area contributed by atoms with Gasteiger partial charge < -0.3 is 18.6 Å². The van der Waals surface area contributed by atoms with Gasteiger partial charge in [-0.05, 0) is 61.6 Å². The minimum absolute atomic E-state index is 0.00321. The zero-order valence-corrected chi connectivity index (χ0v) is 17.2. The molecule has 0 saturated heterocycles. The standard InChI is InChI=1S/C24H22O6/c1-12-9-20-22(14-5-4-6-15(14)24(26)30-20)23-21(12)17(25)11-19(29-23)16-10-13(27-2)7-8-18(16)28-3/h7-10,19H,4-6,11H2,1-3H3/t19-/m1/s1. The average Bonchev–Trinajstić information content (AvgIpc) is 3.23. The molecule has 0 unspecified atom stereocenters. The van der Waals surface area contributed by atoms with Crippen molar-refractivity contribution in [1.29, 1.82) is 0 Å². The van der Waals surface area contributed by atoms with E-state index >= 15 is 0 Å². The van der Waals surface area contributed by atoms with Gasteiger partial charge in [-0.1, -0.05) is 0 Å². The van der Waals surface area contributed by atoms with Crippen molar-refractivity contribution in [3.63, 3.8) is 0 Å². The zero-order chi connectivity index (χ0) is 21.0. The van der Waals surface area contributed by atoms with Gasteiger partial charge in [0.1, 0.15) is 28.9 Å². The van der Waals surface area contributed by atoms with Crippen LogP contribution in [0.5, 0.6) is 17.2 Å². The van der Waals surface area contributed by atoms with Crippen LogP contribution in [-0.2, 0) is 12.8 Å². The van der Waals surface area contributed by atoms with E-state index in [2.05, 4.69) is 0 Å². The van der Waals surface area contributed by atoms with Gasteiger partial charge in [0.05, 0.1) is 31.6 Å². The Balaban J connectivity index is 1.74. The Bertz CT molecular complexity index is 1250. The van der Waals surface area contributed by atoms with Crippen molar-refractivity contribution < 1.29 is 23.4 Å². The molecular formula is C24H22O6. The molecule has 1 atom stereocenters. The third-order valence-electron chi connectivity index (χ3n) is 6.10. The number of benzene rings is 2. The highest BCUT2D eigenvalue weighted by Gasteiger charge is 2.35. The predicted molar refractivity (Wildman–Crippen MR) is 111 cm³/mol. The van der Waals surface area contributed by atoms with Crippen LogP contribution < -0.4 is 19.8 Å². The van der Waals surface area contributed by atoms with Gasteiger partial charge in [0, 0.05) is 11.1 Å². The van der Waals surface area contributed by atoms with Crippen LogP contribution in [0.25, 0.3) is 11.0 Å². The summed E-state index contributed by atoms with van der Waals surface area (Å²) in [6.45, 7) is 1.85. The Morgan fingerprint density at radius 1 is 1.03 bits per heavy atom. The Morgan fingerprint density at radius 3 is 2.60 bits per heavy atom. The second-order valence-corrected chi connectivity index (χ2v) is 7.81. The van der Waals surface area contributed by atoms with E-state index in [1.165, 1.54) is 0 Å². The van der Waals surface area contributed by atoms with Crippen LogP contribution in [0.1, 0.15) is 51.6 Å². The lowest BCUT2D eigenvalue weighted by atomic mass is 9.90. The van der Waals surface area contributed by atoms with Crippen molar-refractivity contribution in [2.75, 3.05) is 14.2 Å². The van der Waals surface area contributed by atoms with Crippen molar-refractivity contribution in [2.24, 2.45) is 0 Å². The number of ketones is 1. The number of ether oxygens (including phenoxy) is 3. The summed E-state index contributed by atoms with van der Waals surface area (Å²) in [6, 6.07) is 7.23. The quantitative estimate of drug-likeness (QED) is 0.603. The topological polar surface area (TPSA) is 75.0 Å². The van der Waals surface area contributed by atoms with Gasteiger partial charge in [0.25, 0.3) is 0 Å². The van der Waals surface area contributed by atoms with Gasteiger partial charge in [-0.3, -0.25) is 4.79 Å². The van der Waals surface area contributed by atoms with Crippen LogP contribution in [0.15, 0.2) is 33.5 Å². The molecule has 0 spiro atoms. The first kappa shape index (κ1) is 18.7. The summed E-state index contributed by atoms with van der Waals surface area (Å²) in [6.07, 6.45) is 2.03. The van der Waals surface area contributed by atoms with E-state index in [-0.39, 0.29) is 17.8 Å². The van der Waals surface area contributed by atoms with Gasteiger partial charge in [-0.2, -0.15) is 0 Å². The first-order valence-electron chi connectivity index (χ1n) is 10.1. The van der Waals surface area contributed by atoms with E-state index in [1.807, 2.05) is 25.1 Å². The molecule has 0 bridgehead atoms. The number of hydrogen-bond donors (Lipinski definition) is 0. The van der Waals surface area contributed by atoms with E-state index < -0.39 is 6.10 Å². The Morgan fingerprint density at radius 2 is 1.83 bits per heavy atom. The number of aryl methyl sites for hydroxylation is 2. The predicted octanol–water partition coefficient (Wildman–Crippen LogP) is 4.31. The summed E-state index contributed by atoms with van der Waals surface area (Å²) in [5.74, 6) is 1.81. The molecule has 1 aromatic heterocycles. The van der Waals surface area contributed by atoms with Crippen LogP contribution in [0.2, 0.25) is 0 Å². The van der Waals surface area contributed by atoms with Crippen LogP contribution in [0.3, 0.4) is 0 Å². The van der Waals surface area contributed by atoms with Crippen molar-refractivity contribution >= 4 is 16.8 Å². The van der Waals surface area contributed by atoms with Crippen LogP contribution in [0.4, 0.5) is 0 Å². The molecular weight excluding hydrogens is 384 g/mol. The molecule has 0 fully saturated rings. The molecule has 2 aliphatic rings. The van der Waals surface area contributed by atoms with E-state index in [4.69, 9.17) is 18.6 Å². The van der Waals surface area contributed by atoms with Gasteiger partial charge in [-0.25, -0.2) is 4.79 Å². The first-order valence-corrected chi connectivity index (χ1v) is 10.1. The maximum absolute atomic E-state index is 13.2. The third-order valence-corrected chi connectivity index (χ3v) is 6.10.